The quantitative estimate of drug-likeness (QED) is 0.546. The van der Waals surface area contributed by atoms with Gasteiger partial charge < -0.3 is 25.0 Å². The molecular weight excluding hydrogens is 442 g/mol. The summed E-state index contributed by atoms with van der Waals surface area (Å²) in [5, 5.41) is 11.0. The average Bonchev–Trinajstić information content (AvgIpc) is 3.49. The molecule has 3 fully saturated rings. The average molecular weight is 476 g/mol. The van der Waals surface area contributed by atoms with E-state index in [9.17, 15) is 4.79 Å². The molecule has 6 rings (SSSR count). The summed E-state index contributed by atoms with van der Waals surface area (Å²) in [6.45, 7) is 6.61. The van der Waals surface area contributed by atoms with E-state index in [-0.39, 0.29) is 17.9 Å². The van der Waals surface area contributed by atoms with Crippen molar-refractivity contribution in [3.63, 3.8) is 0 Å². The maximum absolute atomic E-state index is 11.8. The van der Waals surface area contributed by atoms with Gasteiger partial charge in [0.05, 0.1) is 19.0 Å². The van der Waals surface area contributed by atoms with E-state index in [0.29, 0.717) is 18.9 Å². The van der Waals surface area contributed by atoms with E-state index in [0.717, 1.165) is 60.0 Å². The number of aromatic nitrogens is 2. The Morgan fingerprint density at radius 2 is 1.91 bits per heavy atom. The van der Waals surface area contributed by atoms with E-state index in [1.807, 2.05) is 10.7 Å². The lowest BCUT2D eigenvalue weighted by molar-refractivity contribution is -0.119. The Kier molecular flexibility index (Phi) is 5.76. The molecule has 3 aliphatic rings. The van der Waals surface area contributed by atoms with Gasteiger partial charge in [-0.25, -0.2) is 4.52 Å². The molecule has 2 aliphatic heterocycles. The third-order valence-corrected chi connectivity index (χ3v) is 7.58. The summed E-state index contributed by atoms with van der Waals surface area (Å²) < 4.78 is 14.3. The molecule has 8 heteroatoms. The van der Waals surface area contributed by atoms with Gasteiger partial charge in [-0.15, -0.1) is 0 Å². The van der Waals surface area contributed by atoms with Crippen molar-refractivity contribution in [1.82, 2.24) is 20.2 Å². The maximum Gasteiger partial charge on any atom is 0.220 e. The maximum atomic E-state index is 11.8. The lowest BCUT2D eigenvalue weighted by atomic mass is 10.0. The van der Waals surface area contributed by atoms with Crippen LogP contribution in [0.1, 0.15) is 37.7 Å². The zero-order valence-electron chi connectivity index (χ0n) is 20.4. The van der Waals surface area contributed by atoms with Crippen molar-refractivity contribution in [2.45, 2.75) is 38.2 Å². The molecule has 0 spiro atoms. The smallest absolute Gasteiger partial charge is 0.220 e. The molecule has 0 bridgehead atoms. The molecule has 1 aromatic carbocycles. The zero-order valence-corrected chi connectivity index (χ0v) is 20.4. The number of rotatable bonds is 7. The van der Waals surface area contributed by atoms with Crippen LogP contribution in [0.5, 0.6) is 11.5 Å². The Bertz CT molecular complexity index is 1250. The van der Waals surface area contributed by atoms with Crippen molar-refractivity contribution in [2.75, 3.05) is 44.7 Å². The minimum Gasteiger partial charge on any atom is -0.495 e. The molecule has 8 nitrogen and oxygen atoms in total. The number of hydrogen-bond acceptors (Lipinski definition) is 6. The molecule has 2 saturated heterocycles. The van der Waals surface area contributed by atoms with Gasteiger partial charge in [0.15, 0.2) is 0 Å². The molecule has 1 amide bonds. The van der Waals surface area contributed by atoms with Crippen LogP contribution in [0.25, 0.3) is 16.6 Å². The largest absolute Gasteiger partial charge is 0.495 e. The topological polar surface area (TPSA) is 80.1 Å². The van der Waals surface area contributed by atoms with Gasteiger partial charge in [-0.05, 0) is 49.4 Å². The lowest BCUT2D eigenvalue weighted by Gasteiger charge is -2.30. The molecule has 0 radical (unpaired) electrons. The first-order valence-electron chi connectivity index (χ1n) is 12.7. The van der Waals surface area contributed by atoms with Gasteiger partial charge in [0.1, 0.15) is 23.1 Å². The highest BCUT2D eigenvalue weighted by atomic mass is 16.5. The minimum atomic E-state index is -0.0837. The number of nitrogens with one attached hydrogen (secondary N) is 2. The molecule has 184 valence electrons. The second-order valence-corrected chi connectivity index (χ2v) is 9.98. The predicted molar refractivity (Wildman–Crippen MR) is 135 cm³/mol. The molecule has 3 aromatic rings. The fourth-order valence-corrected chi connectivity index (χ4v) is 5.33. The molecule has 2 atom stereocenters. The number of pyridine rings is 1. The van der Waals surface area contributed by atoms with Gasteiger partial charge in [-0.2, -0.15) is 5.10 Å². The second-order valence-electron chi connectivity index (χ2n) is 9.98. The summed E-state index contributed by atoms with van der Waals surface area (Å²) >= 11 is 0. The Hall–Kier alpha value is -3.26. The number of carbonyl (C=O) groups is 1. The van der Waals surface area contributed by atoms with Crippen LogP contribution in [0, 0.1) is 5.92 Å². The van der Waals surface area contributed by atoms with E-state index in [1.54, 1.807) is 7.11 Å². The first-order valence-corrected chi connectivity index (χ1v) is 12.7. The van der Waals surface area contributed by atoms with Crippen molar-refractivity contribution in [3.05, 3.63) is 42.2 Å². The Labute approximate surface area is 205 Å². The van der Waals surface area contributed by atoms with Crippen LogP contribution >= 0.6 is 0 Å². The number of carbonyl (C=O) groups excluding carboxylic acids is 1. The van der Waals surface area contributed by atoms with Gasteiger partial charge >= 0.3 is 0 Å². The highest BCUT2D eigenvalue weighted by Gasteiger charge is 2.31. The molecule has 1 saturated carbocycles. The summed E-state index contributed by atoms with van der Waals surface area (Å²) in [4.78, 5) is 14.1. The number of ether oxygens (including phenoxy) is 2. The molecule has 1 aliphatic carbocycles. The summed E-state index contributed by atoms with van der Waals surface area (Å²) in [5.41, 5.74) is 5.51. The van der Waals surface area contributed by atoms with Crippen molar-refractivity contribution in [1.29, 1.82) is 0 Å². The van der Waals surface area contributed by atoms with E-state index in [1.165, 1.54) is 18.4 Å². The highest BCUT2D eigenvalue weighted by Crippen LogP contribution is 2.45. The zero-order chi connectivity index (χ0) is 23.9. The summed E-state index contributed by atoms with van der Waals surface area (Å²) in [5.74, 6) is 2.53. The Morgan fingerprint density at radius 3 is 2.63 bits per heavy atom. The normalized spacial score (nSPS) is 21.3. The van der Waals surface area contributed by atoms with Crippen LogP contribution in [-0.4, -0.2) is 61.5 Å². The number of anilines is 1. The summed E-state index contributed by atoms with van der Waals surface area (Å²) in [6, 6.07) is 8.54. The molecular formula is C27H33N5O3. The van der Waals surface area contributed by atoms with Crippen LogP contribution in [0.3, 0.4) is 0 Å². The van der Waals surface area contributed by atoms with Crippen molar-refractivity contribution in [2.24, 2.45) is 5.92 Å². The van der Waals surface area contributed by atoms with E-state index >= 15 is 0 Å². The highest BCUT2D eigenvalue weighted by molar-refractivity contribution is 5.79. The Morgan fingerprint density at radius 1 is 1.11 bits per heavy atom. The fourth-order valence-electron chi connectivity index (χ4n) is 5.33. The number of nitrogens with zero attached hydrogens (tertiary/aromatic N) is 3. The van der Waals surface area contributed by atoms with E-state index < -0.39 is 0 Å². The summed E-state index contributed by atoms with van der Waals surface area (Å²) in [6.07, 6.45) is 6.89. The van der Waals surface area contributed by atoms with Gasteiger partial charge in [-0.1, -0.05) is 6.07 Å². The van der Waals surface area contributed by atoms with Crippen molar-refractivity contribution >= 4 is 17.1 Å². The van der Waals surface area contributed by atoms with Gasteiger partial charge in [-0.3, -0.25) is 4.79 Å². The minimum absolute atomic E-state index is 0.0837. The standard InChI is InChI=1S/C27H33N5O3/c1-17(20-13-26(33)29-14-20)35-25-12-21(16-32-27(25)22(15-30-32)18-3-4-18)19-5-6-23(24(11-19)34-2)31-9-7-28-8-10-31/h5-6,11-12,15-18,20,28H,3-4,7-10,13-14H2,1-2H3,(H,29,33)/t17-,20-/m1/s1. The first kappa shape index (κ1) is 22.2. The number of methoxy groups -OCH3 is 1. The third-order valence-electron chi connectivity index (χ3n) is 7.58. The predicted octanol–water partition coefficient (Wildman–Crippen LogP) is 3.20. The summed E-state index contributed by atoms with van der Waals surface area (Å²) in [7, 11) is 1.73. The Balaban J connectivity index is 1.38. The molecule has 2 N–H and O–H groups in total. The number of piperazine rings is 1. The van der Waals surface area contributed by atoms with Crippen molar-refractivity contribution < 1.29 is 14.3 Å². The van der Waals surface area contributed by atoms with E-state index in [4.69, 9.17) is 14.6 Å². The number of benzene rings is 1. The molecule has 2 aromatic heterocycles. The van der Waals surface area contributed by atoms with Gasteiger partial charge in [0, 0.05) is 62.4 Å². The van der Waals surface area contributed by atoms with Gasteiger partial charge in [0.25, 0.3) is 0 Å². The monoisotopic (exact) mass is 475 g/mol. The third kappa shape index (κ3) is 4.31. The fraction of sp³-hybridized carbons (Fsp3) is 0.481. The number of fused-ring (bicyclic) bond motifs is 1. The molecule has 0 unspecified atom stereocenters. The number of amides is 1. The SMILES string of the molecule is COc1cc(-c2cc(O[C@H](C)[C@H]3CNC(=O)C3)c3c(C4CC4)cnn3c2)ccc1N1CCNCC1. The van der Waals surface area contributed by atoms with Crippen LogP contribution < -0.4 is 25.0 Å². The van der Waals surface area contributed by atoms with Crippen LogP contribution in [0.2, 0.25) is 0 Å². The van der Waals surface area contributed by atoms with Crippen molar-refractivity contribution in [3.8, 4) is 22.6 Å². The second kappa shape index (κ2) is 9.07. The number of hydrogen-bond donors (Lipinski definition) is 2. The molecule has 35 heavy (non-hydrogen) atoms. The first-order chi connectivity index (χ1) is 17.1. The molecule has 4 heterocycles. The van der Waals surface area contributed by atoms with Crippen LogP contribution in [-0.2, 0) is 4.79 Å². The van der Waals surface area contributed by atoms with Crippen LogP contribution in [0.4, 0.5) is 5.69 Å². The van der Waals surface area contributed by atoms with Gasteiger partial charge in [0.2, 0.25) is 5.91 Å². The van der Waals surface area contributed by atoms with Crippen LogP contribution in [0.15, 0.2) is 36.7 Å². The lowest BCUT2D eigenvalue weighted by Crippen LogP contribution is -2.43. The van der Waals surface area contributed by atoms with E-state index in [2.05, 4.69) is 52.9 Å².